The fraction of sp³-hybridized carbons (Fsp3) is 0.667. The SMILES string of the molecule is CN=C(NCCCN1CCCC(C)C1)NCCc1ccc2c(c1)CCO2.I. The van der Waals surface area contributed by atoms with E-state index in [1.165, 1.54) is 43.6 Å². The number of nitrogens with zero attached hydrogens (tertiary/aromatic N) is 2. The fourth-order valence-corrected chi connectivity index (χ4v) is 3.94. The van der Waals surface area contributed by atoms with Gasteiger partial charge in [-0.3, -0.25) is 4.99 Å². The minimum atomic E-state index is 0. The van der Waals surface area contributed by atoms with Gasteiger partial charge < -0.3 is 20.3 Å². The molecule has 2 aliphatic heterocycles. The molecule has 1 atom stereocenters. The number of fused-ring (bicyclic) bond motifs is 1. The number of aliphatic imine (C=N–C) groups is 1. The van der Waals surface area contributed by atoms with Gasteiger partial charge in [0.05, 0.1) is 6.61 Å². The molecule has 2 N–H and O–H groups in total. The maximum Gasteiger partial charge on any atom is 0.190 e. The van der Waals surface area contributed by atoms with Crippen LogP contribution in [0.2, 0.25) is 0 Å². The number of guanidine groups is 1. The quantitative estimate of drug-likeness (QED) is 0.269. The van der Waals surface area contributed by atoms with E-state index in [4.69, 9.17) is 4.74 Å². The summed E-state index contributed by atoms with van der Waals surface area (Å²) in [7, 11) is 1.84. The molecule has 1 unspecified atom stereocenters. The molecule has 5 nitrogen and oxygen atoms in total. The molecule has 152 valence electrons. The van der Waals surface area contributed by atoms with Crippen LogP contribution in [0, 0.1) is 5.92 Å². The Hall–Kier alpha value is -1.02. The zero-order chi connectivity index (χ0) is 18.2. The smallest absolute Gasteiger partial charge is 0.190 e. The molecule has 6 heteroatoms. The Labute approximate surface area is 181 Å². The lowest BCUT2D eigenvalue weighted by Gasteiger charge is -2.30. The zero-order valence-corrected chi connectivity index (χ0v) is 19.1. The second kappa shape index (κ2) is 11.7. The van der Waals surface area contributed by atoms with E-state index < -0.39 is 0 Å². The molecule has 2 heterocycles. The van der Waals surface area contributed by atoms with Crippen LogP contribution in [0.5, 0.6) is 5.75 Å². The minimum Gasteiger partial charge on any atom is -0.493 e. The van der Waals surface area contributed by atoms with E-state index in [1.54, 1.807) is 0 Å². The first-order chi connectivity index (χ1) is 12.7. The summed E-state index contributed by atoms with van der Waals surface area (Å²) >= 11 is 0. The van der Waals surface area contributed by atoms with Gasteiger partial charge in [0.2, 0.25) is 0 Å². The van der Waals surface area contributed by atoms with Gasteiger partial charge >= 0.3 is 0 Å². The highest BCUT2D eigenvalue weighted by Gasteiger charge is 2.15. The van der Waals surface area contributed by atoms with Crippen LogP contribution in [0.3, 0.4) is 0 Å². The van der Waals surface area contributed by atoms with Crippen molar-refractivity contribution in [1.29, 1.82) is 0 Å². The van der Waals surface area contributed by atoms with E-state index in [1.807, 2.05) is 7.05 Å². The lowest BCUT2D eigenvalue weighted by Crippen LogP contribution is -2.40. The second-order valence-electron chi connectivity index (χ2n) is 7.62. The predicted molar refractivity (Wildman–Crippen MR) is 124 cm³/mol. The third-order valence-electron chi connectivity index (χ3n) is 5.37. The van der Waals surface area contributed by atoms with E-state index in [-0.39, 0.29) is 24.0 Å². The molecule has 1 fully saturated rings. The number of piperidine rings is 1. The lowest BCUT2D eigenvalue weighted by atomic mass is 10.0. The molecule has 3 rings (SSSR count). The van der Waals surface area contributed by atoms with Crippen LogP contribution in [0.25, 0.3) is 0 Å². The number of likely N-dealkylation sites (tertiary alicyclic amines) is 1. The first-order valence-electron chi connectivity index (χ1n) is 10.2. The fourth-order valence-electron chi connectivity index (χ4n) is 3.94. The molecule has 1 aromatic carbocycles. The van der Waals surface area contributed by atoms with E-state index in [0.717, 1.165) is 56.6 Å². The Morgan fingerprint density at radius 3 is 2.96 bits per heavy atom. The lowest BCUT2D eigenvalue weighted by molar-refractivity contribution is 0.182. The van der Waals surface area contributed by atoms with Crippen molar-refractivity contribution >= 4 is 29.9 Å². The molecule has 0 aromatic heterocycles. The molecular weight excluding hydrogens is 451 g/mol. The number of ether oxygens (including phenoxy) is 1. The van der Waals surface area contributed by atoms with E-state index in [9.17, 15) is 0 Å². The number of hydrogen-bond donors (Lipinski definition) is 2. The van der Waals surface area contributed by atoms with Gasteiger partial charge in [-0.05, 0) is 61.9 Å². The van der Waals surface area contributed by atoms with Gasteiger partial charge in [0.15, 0.2) is 5.96 Å². The molecule has 0 aliphatic carbocycles. The van der Waals surface area contributed by atoms with Crippen molar-refractivity contribution in [2.24, 2.45) is 10.9 Å². The summed E-state index contributed by atoms with van der Waals surface area (Å²) in [5.74, 6) is 2.82. The highest BCUT2D eigenvalue weighted by atomic mass is 127. The minimum absolute atomic E-state index is 0. The van der Waals surface area contributed by atoms with Crippen LogP contribution in [0.15, 0.2) is 23.2 Å². The highest BCUT2D eigenvalue weighted by molar-refractivity contribution is 14.0. The topological polar surface area (TPSA) is 48.9 Å². The number of nitrogens with one attached hydrogen (secondary N) is 2. The summed E-state index contributed by atoms with van der Waals surface area (Å²) in [6.07, 6.45) is 5.95. The third-order valence-corrected chi connectivity index (χ3v) is 5.37. The normalized spacial score (nSPS) is 19.8. The van der Waals surface area contributed by atoms with Gasteiger partial charge in [-0.25, -0.2) is 0 Å². The molecule has 2 aliphatic rings. The zero-order valence-electron chi connectivity index (χ0n) is 16.8. The van der Waals surface area contributed by atoms with Crippen LogP contribution < -0.4 is 15.4 Å². The van der Waals surface area contributed by atoms with Gasteiger partial charge in [-0.2, -0.15) is 0 Å². The summed E-state index contributed by atoms with van der Waals surface area (Å²) in [4.78, 5) is 6.94. The molecule has 1 saturated heterocycles. The predicted octanol–water partition coefficient (Wildman–Crippen LogP) is 3.07. The monoisotopic (exact) mass is 486 g/mol. The Kier molecular flexibility index (Phi) is 9.68. The van der Waals surface area contributed by atoms with Crippen molar-refractivity contribution in [1.82, 2.24) is 15.5 Å². The summed E-state index contributed by atoms with van der Waals surface area (Å²) in [5.41, 5.74) is 2.70. The van der Waals surface area contributed by atoms with Crippen LogP contribution in [0.4, 0.5) is 0 Å². The van der Waals surface area contributed by atoms with Crippen molar-refractivity contribution in [3.05, 3.63) is 29.3 Å². The second-order valence-corrected chi connectivity index (χ2v) is 7.62. The molecule has 0 saturated carbocycles. The molecule has 0 radical (unpaired) electrons. The molecule has 1 aromatic rings. The van der Waals surface area contributed by atoms with Crippen molar-refractivity contribution < 1.29 is 4.74 Å². The van der Waals surface area contributed by atoms with E-state index >= 15 is 0 Å². The Balaban J connectivity index is 0.00000261. The number of benzene rings is 1. The number of hydrogen-bond acceptors (Lipinski definition) is 3. The van der Waals surface area contributed by atoms with Crippen LogP contribution in [-0.4, -0.2) is 57.2 Å². The summed E-state index contributed by atoms with van der Waals surface area (Å²) in [6.45, 7) is 8.77. The first-order valence-corrected chi connectivity index (χ1v) is 10.2. The summed E-state index contributed by atoms with van der Waals surface area (Å²) < 4.78 is 5.57. The Morgan fingerprint density at radius 2 is 2.15 bits per heavy atom. The third kappa shape index (κ3) is 7.14. The van der Waals surface area contributed by atoms with Crippen LogP contribution in [-0.2, 0) is 12.8 Å². The van der Waals surface area contributed by atoms with Crippen LogP contribution in [0.1, 0.15) is 37.3 Å². The van der Waals surface area contributed by atoms with Crippen LogP contribution >= 0.6 is 24.0 Å². The Bertz CT molecular complexity index is 608. The van der Waals surface area contributed by atoms with Gasteiger partial charge in [0.1, 0.15) is 5.75 Å². The highest BCUT2D eigenvalue weighted by Crippen LogP contribution is 2.25. The van der Waals surface area contributed by atoms with E-state index in [2.05, 4.69) is 45.6 Å². The first kappa shape index (κ1) is 22.3. The van der Waals surface area contributed by atoms with Gasteiger partial charge in [-0.15, -0.1) is 24.0 Å². The average molecular weight is 486 g/mol. The maximum absolute atomic E-state index is 5.57. The van der Waals surface area contributed by atoms with Crippen molar-refractivity contribution in [3.63, 3.8) is 0 Å². The van der Waals surface area contributed by atoms with Crippen molar-refractivity contribution in [3.8, 4) is 5.75 Å². The molecule has 0 amide bonds. The van der Waals surface area contributed by atoms with Crippen molar-refractivity contribution in [2.75, 3.05) is 46.4 Å². The summed E-state index contributed by atoms with van der Waals surface area (Å²) in [5, 5.41) is 6.87. The van der Waals surface area contributed by atoms with Gasteiger partial charge in [0, 0.05) is 33.1 Å². The molecule has 0 spiro atoms. The molecule has 0 bridgehead atoms. The number of halogens is 1. The largest absolute Gasteiger partial charge is 0.493 e. The molecule has 27 heavy (non-hydrogen) atoms. The van der Waals surface area contributed by atoms with Gasteiger partial charge in [0.25, 0.3) is 0 Å². The Morgan fingerprint density at radius 1 is 1.30 bits per heavy atom. The van der Waals surface area contributed by atoms with Crippen molar-refractivity contribution in [2.45, 2.75) is 39.0 Å². The number of rotatable bonds is 7. The standard InChI is InChI=1S/C21H34N4O.HI/c1-17-5-3-12-25(16-17)13-4-10-23-21(22-2)24-11-8-18-6-7-20-19(15-18)9-14-26-20;/h6-7,15,17H,3-5,8-14,16H2,1-2H3,(H2,22,23,24);1H. The average Bonchev–Trinajstić information content (AvgIpc) is 3.11. The van der Waals surface area contributed by atoms with E-state index in [0.29, 0.717) is 0 Å². The summed E-state index contributed by atoms with van der Waals surface area (Å²) in [6, 6.07) is 6.55. The van der Waals surface area contributed by atoms with Gasteiger partial charge in [-0.1, -0.05) is 19.1 Å². The molecular formula is C21H35IN4O. The maximum atomic E-state index is 5.57.